The van der Waals surface area contributed by atoms with Gasteiger partial charge in [0.1, 0.15) is 18.6 Å². The molecule has 0 radical (unpaired) electrons. The molecule has 2 aromatic heterocycles. The highest BCUT2D eigenvalue weighted by atomic mass is 19.3. The Morgan fingerprint density at radius 1 is 1.22 bits per heavy atom. The van der Waals surface area contributed by atoms with Crippen LogP contribution in [0.2, 0.25) is 0 Å². The van der Waals surface area contributed by atoms with E-state index in [9.17, 15) is 13.6 Å². The smallest absolute Gasteiger partial charge is 0.280 e. The van der Waals surface area contributed by atoms with Crippen LogP contribution in [-0.2, 0) is 17.9 Å². The van der Waals surface area contributed by atoms with Crippen molar-refractivity contribution < 1.29 is 13.6 Å². The van der Waals surface area contributed by atoms with E-state index in [0.717, 1.165) is 23.1 Å². The summed E-state index contributed by atoms with van der Waals surface area (Å²) in [6, 6.07) is 11.1. The summed E-state index contributed by atoms with van der Waals surface area (Å²) >= 11 is 0. The van der Waals surface area contributed by atoms with Crippen LogP contribution in [0.5, 0.6) is 0 Å². The highest BCUT2D eigenvalue weighted by molar-refractivity contribution is 5.88. The molecule has 1 N–H and O–H groups in total. The summed E-state index contributed by atoms with van der Waals surface area (Å²) < 4.78 is 29.0. The molecule has 1 fully saturated rings. The molecule has 3 aromatic rings. The molecule has 27 heavy (non-hydrogen) atoms. The maximum absolute atomic E-state index is 13.2. The lowest BCUT2D eigenvalue weighted by atomic mass is 10.2. The van der Waals surface area contributed by atoms with Gasteiger partial charge in [-0.1, -0.05) is 30.3 Å². The van der Waals surface area contributed by atoms with E-state index in [0.29, 0.717) is 12.2 Å². The Bertz CT molecular complexity index is 932. The van der Waals surface area contributed by atoms with Crippen molar-refractivity contribution in [1.29, 1.82) is 0 Å². The number of amides is 1. The van der Waals surface area contributed by atoms with Gasteiger partial charge in [-0.15, -0.1) is 5.10 Å². The molecule has 0 aliphatic heterocycles. The second-order valence-electron chi connectivity index (χ2n) is 6.53. The van der Waals surface area contributed by atoms with Crippen LogP contribution < -0.4 is 5.32 Å². The molecule has 1 amide bonds. The van der Waals surface area contributed by atoms with Crippen molar-refractivity contribution in [3.8, 4) is 0 Å². The average molecular weight is 372 g/mol. The van der Waals surface area contributed by atoms with Crippen molar-refractivity contribution >= 4 is 11.9 Å². The van der Waals surface area contributed by atoms with E-state index in [1.54, 1.807) is 4.68 Å². The first kappa shape index (κ1) is 17.3. The number of carbonyl (C=O) groups is 1. The van der Waals surface area contributed by atoms with Gasteiger partial charge in [0.15, 0.2) is 0 Å². The number of carbonyl (C=O) groups excluding carboxylic acids is 1. The molecule has 4 rings (SSSR count). The average Bonchev–Trinajstić information content (AvgIpc) is 3.27. The van der Waals surface area contributed by atoms with E-state index in [4.69, 9.17) is 0 Å². The fraction of sp³-hybridized carbons (Fsp3) is 0.333. The van der Waals surface area contributed by atoms with Crippen LogP contribution in [0.4, 0.5) is 14.7 Å². The van der Waals surface area contributed by atoms with E-state index in [1.807, 2.05) is 30.3 Å². The molecule has 7 nitrogen and oxygen atoms in total. The molecule has 1 saturated carbocycles. The fourth-order valence-corrected chi connectivity index (χ4v) is 2.83. The number of benzene rings is 1. The minimum Gasteiger partial charge on any atom is -0.292 e. The van der Waals surface area contributed by atoms with Gasteiger partial charge < -0.3 is 0 Å². The number of alkyl halides is 2. The number of nitrogens with zero attached hydrogens (tertiary/aromatic N) is 5. The molecule has 1 aliphatic rings. The highest BCUT2D eigenvalue weighted by Gasteiger charge is 2.29. The molecule has 0 atom stereocenters. The van der Waals surface area contributed by atoms with Crippen LogP contribution in [-0.4, -0.2) is 30.5 Å². The van der Waals surface area contributed by atoms with Gasteiger partial charge in [-0.05, 0) is 24.5 Å². The molecule has 0 unspecified atom stereocenters. The first-order chi connectivity index (χ1) is 13.1. The lowest BCUT2D eigenvalue weighted by Crippen LogP contribution is -2.22. The zero-order valence-corrected chi connectivity index (χ0v) is 14.4. The monoisotopic (exact) mass is 372 g/mol. The Morgan fingerprint density at radius 3 is 2.70 bits per heavy atom. The van der Waals surface area contributed by atoms with Crippen LogP contribution in [0.15, 0.2) is 42.7 Å². The summed E-state index contributed by atoms with van der Waals surface area (Å²) in [5.41, 5.74) is 1.43. The highest BCUT2D eigenvalue weighted by Crippen LogP contribution is 2.40. The van der Waals surface area contributed by atoms with Gasteiger partial charge in [0.2, 0.25) is 11.9 Å². The maximum atomic E-state index is 13.2. The lowest BCUT2D eigenvalue weighted by Gasteiger charge is -2.06. The zero-order chi connectivity index (χ0) is 18.8. The first-order valence-electron chi connectivity index (χ1n) is 8.67. The first-order valence-corrected chi connectivity index (χ1v) is 8.67. The third kappa shape index (κ3) is 4.18. The third-order valence-electron chi connectivity index (χ3n) is 4.32. The SMILES string of the molecule is O=C(Cn1nc(C2CC2)cc1C(F)F)Nc1ncn(Cc2ccccc2)n1. The van der Waals surface area contributed by atoms with Gasteiger partial charge in [-0.2, -0.15) is 5.10 Å². The second kappa shape index (κ2) is 7.26. The van der Waals surface area contributed by atoms with Crippen molar-refractivity contribution in [1.82, 2.24) is 24.5 Å². The van der Waals surface area contributed by atoms with Gasteiger partial charge in [0.05, 0.1) is 12.2 Å². The van der Waals surface area contributed by atoms with Crippen LogP contribution in [0.25, 0.3) is 0 Å². The maximum Gasteiger partial charge on any atom is 0.280 e. The summed E-state index contributed by atoms with van der Waals surface area (Å²) in [4.78, 5) is 16.2. The Morgan fingerprint density at radius 2 is 2.00 bits per heavy atom. The summed E-state index contributed by atoms with van der Waals surface area (Å²) in [5.74, 6) is -0.133. The van der Waals surface area contributed by atoms with Crippen LogP contribution in [0.1, 0.15) is 42.1 Å². The topological polar surface area (TPSA) is 77.6 Å². The lowest BCUT2D eigenvalue weighted by molar-refractivity contribution is -0.117. The number of anilines is 1. The molecule has 2 heterocycles. The van der Waals surface area contributed by atoms with Crippen molar-refractivity contribution in [2.24, 2.45) is 0 Å². The minimum atomic E-state index is -2.68. The Balaban J connectivity index is 1.40. The number of hydrogen-bond acceptors (Lipinski definition) is 4. The summed E-state index contributed by atoms with van der Waals surface area (Å²) in [7, 11) is 0. The molecule has 0 saturated heterocycles. The van der Waals surface area contributed by atoms with Gasteiger partial charge in [0, 0.05) is 5.92 Å². The van der Waals surface area contributed by atoms with E-state index in [2.05, 4.69) is 20.5 Å². The predicted octanol–water partition coefficient (Wildman–Crippen LogP) is 2.98. The van der Waals surface area contributed by atoms with Gasteiger partial charge in [0.25, 0.3) is 6.43 Å². The minimum absolute atomic E-state index is 0.129. The largest absolute Gasteiger partial charge is 0.292 e. The normalized spacial score (nSPS) is 13.9. The van der Waals surface area contributed by atoms with Crippen LogP contribution >= 0.6 is 0 Å². The van der Waals surface area contributed by atoms with E-state index in [-0.39, 0.29) is 24.1 Å². The van der Waals surface area contributed by atoms with Crippen molar-refractivity contribution in [2.75, 3.05) is 5.32 Å². The van der Waals surface area contributed by atoms with Crippen LogP contribution in [0.3, 0.4) is 0 Å². The van der Waals surface area contributed by atoms with Gasteiger partial charge >= 0.3 is 0 Å². The number of aromatic nitrogens is 5. The molecule has 9 heteroatoms. The molecular weight excluding hydrogens is 354 g/mol. The number of rotatable bonds is 7. The van der Waals surface area contributed by atoms with Gasteiger partial charge in [-0.25, -0.2) is 18.4 Å². The molecule has 0 spiro atoms. The zero-order valence-electron chi connectivity index (χ0n) is 14.4. The van der Waals surface area contributed by atoms with E-state index in [1.165, 1.54) is 12.4 Å². The van der Waals surface area contributed by atoms with E-state index >= 15 is 0 Å². The van der Waals surface area contributed by atoms with Gasteiger partial charge in [-0.3, -0.25) is 14.8 Å². The number of hydrogen-bond donors (Lipinski definition) is 1. The van der Waals surface area contributed by atoms with Crippen molar-refractivity contribution in [3.63, 3.8) is 0 Å². The van der Waals surface area contributed by atoms with Crippen molar-refractivity contribution in [2.45, 2.75) is 38.3 Å². The quantitative estimate of drug-likeness (QED) is 0.692. The Labute approximate surface area is 154 Å². The standard InChI is InChI=1S/C18H18F2N6O/c19-17(20)15-8-14(13-6-7-13)23-26(15)10-16(27)22-18-21-11-25(24-18)9-12-4-2-1-3-5-12/h1-5,8,11,13,17H,6-7,9-10H2,(H,22,24,27). The third-order valence-corrected chi connectivity index (χ3v) is 4.32. The summed E-state index contributed by atoms with van der Waals surface area (Å²) in [6.45, 7) is 0.211. The Kier molecular flexibility index (Phi) is 4.66. The molecule has 1 aliphatic carbocycles. The van der Waals surface area contributed by atoms with E-state index < -0.39 is 12.3 Å². The summed E-state index contributed by atoms with van der Waals surface area (Å²) in [5, 5.41) is 10.9. The fourth-order valence-electron chi connectivity index (χ4n) is 2.83. The summed E-state index contributed by atoms with van der Waals surface area (Å²) in [6.07, 6.45) is 0.733. The van der Waals surface area contributed by atoms with Crippen LogP contribution in [0, 0.1) is 0 Å². The molecular formula is C18H18F2N6O. The number of halogens is 2. The second-order valence-corrected chi connectivity index (χ2v) is 6.53. The molecule has 0 bridgehead atoms. The van der Waals surface area contributed by atoms with Crippen molar-refractivity contribution in [3.05, 3.63) is 59.7 Å². The Hall–Kier alpha value is -3.10. The molecule has 1 aromatic carbocycles. The predicted molar refractivity (Wildman–Crippen MR) is 93.4 cm³/mol. The molecule has 140 valence electrons. The number of nitrogens with one attached hydrogen (secondary N) is 1.